The summed E-state index contributed by atoms with van der Waals surface area (Å²) in [6.07, 6.45) is 2.08. The molecule has 0 aromatic heterocycles. The Bertz CT molecular complexity index is 419. The van der Waals surface area contributed by atoms with Crippen molar-refractivity contribution < 1.29 is 13.2 Å². The third kappa shape index (κ3) is 4.14. The van der Waals surface area contributed by atoms with E-state index in [0.29, 0.717) is 12.5 Å². The maximum atomic E-state index is 12.0. The Morgan fingerprint density at radius 2 is 1.89 bits per heavy atom. The van der Waals surface area contributed by atoms with Crippen LogP contribution in [-0.4, -0.2) is 17.8 Å². The van der Waals surface area contributed by atoms with E-state index < -0.39 is 5.51 Å². The molecule has 0 radical (unpaired) electrons. The Kier molecular flexibility index (Phi) is 4.79. The molecule has 0 saturated carbocycles. The van der Waals surface area contributed by atoms with Crippen LogP contribution in [-0.2, 0) is 0 Å². The first-order valence-corrected chi connectivity index (χ1v) is 7.49. The minimum absolute atomic E-state index is 0.0415. The minimum Gasteiger partial charge on any atom is -0.309 e. The van der Waals surface area contributed by atoms with Gasteiger partial charge in [-0.3, -0.25) is 0 Å². The van der Waals surface area contributed by atoms with Gasteiger partial charge in [0.25, 0.3) is 0 Å². The molecule has 2 rings (SSSR count). The largest absolute Gasteiger partial charge is 0.441 e. The van der Waals surface area contributed by atoms with Gasteiger partial charge in [-0.2, -0.15) is 13.2 Å². The second-order valence-electron chi connectivity index (χ2n) is 4.91. The molecule has 0 amide bonds. The van der Waals surface area contributed by atoms with Crippen LogP contribution < -0.4 is 5.32 Å². The summed E-state index contributed by atoms with van der Waals surface area (Å²) in [5.41, 5.74) is -1.55. The van der Waals surface area contributed by atoms with Crippen LogP contribution in [0.1, 0.15) is 42.9 Å². The van der Waals surface area contributed by atoms with E-state index >= 15 is 0 Å². The molecule has 0 spiro atoms. The van der Waals surface area contributed by atoms with Gasteiger partial charge in [-0.15, -0.1) is 0 Å². The van der Waals surface area contributed by atoms with E-state index in [2.05, 4.69) is 24.4 Å². The Hall–Kier alpha value is -0.680. The van der Waals surface area contributed by atoms with Gasteiger partial charge in [-0.05, 0) is 41.6 Å². The molecule has 2 unspecified atom stereocenters. The van der Waals surface area contributed by atoms with Crippen LogP contribution in [0.25, 0.3) is 0 Å². The number of hydrogen-bond donors (Lipinski definition) is 1. The quantitative estimate of drug-likeness (QED) is 0.821. The van der Waals surface area contributed by atoms with Crippen LogP contribution in [0.5, 0.6) is 0 Å². The first-order chi connectivity index (χ1) is 8.97. The van der Waals surface area contributed by atoms with Gasteiger partial charge in [0.2, 0.25) is 0 Å². The lowest BCUT2D eigenvalue weighted by atomic mass is 9.81. The maximum absolute atomic E-state index is 12.0. The molecule has 2 atom stereocenters. The summed E-state index contributed by atoms with van der Waals surface area (Å²) >= 11 is 0.0415. The highest BCUT2D eigenvalue weighted by atomic mass is 32.2. The highest BCUT2D eigenvalue weighted by molar-refractivity contribution is 8.00. The van der Waals surface area contributed by atoms with Crippen molar-refractivity contribution in [2.24, 2.45) is 0 Å². The highest BCUT2D eigenvalue weighted by Gasteiger charge is 2.28. The number of halogens is 3. The average Bonchev–Trinajstić information content (AvgIpc) is 2.36. The fraction of sp³-hybridized carbons (Fsp3) is 0.571. The van der Waals surface area contributed by atoms with Crippen LogP contribution in [0.4, 0.5) is 13.2 Å². The summed E-state index contributed by atoms with van der Waals surface area (Å²) in [5.74, 6) is 0.608. The first-order valence-electron chi connectivity index (χ1n) is 6.50. The fourth-order valence-corrected chi connectivity index (χ4v) is 3.07. The molecule has 106 valence electrons. The molecule has 0 fully saturated rings. The van der Waals surface area contributed by atoms with Crippen molar-refractivity contribution in [2.45, 2.75) is 37.2 Å². The van der Waals surface area contributed by atoms with Crippen molar-refractivity contribution in [3.63, 3.8) is 0 Å². The number of alkyl halides is 3. The Balaban J connectivity index is 1.90. The van der Waals surface area contributed by atoms with E-state index in [4.69, 9.17) is 0 Å². The minimum atomic E-state index is -4.12. The van der Waals surface area contributed by atoms with E-state index in [0.717, 1.165) is 12.8 Å². The van der Waals surface area contributed by atoms with E-state index in [1.165, 1.54) is 11.1 Å². The molecular weight excluding hydrogens is 271 g/mol. The third-order valence-corrected chi connectivity index (χ3v) is 4.28. The van der Waals surface area contributed by atoms with E-state index in [9.17, 15) is 13.2 Å². The van der Waals surface area contributed by atoms with Crippen molar-refractivity contribution in [3.8, 4) is 0 Å². The summed E-state index contributed by atoms with van der Waals surface area (Å²) in [5, 5.41) is 3.25. The van der Waals surface area contributed by atoms with E-state index in [1.54, 1.807) is 0 Å². The molecular formula is C14H18F3NS. The summed E-state index contributed by atoms with van der Waals surface area (Å²) in [6, 6.07) is 8.42. The first kappa shape index (κ1) is 14.7. The van der Waals surface area contributed by atoms with Gasteiger partial charge in [-0.1, -0.05) is 31.2 Å². The highest BCUT2D eigenvalue weighted by Crippen LogP contribution is 2.37. The van der Waals surface area contributed by atoms with Crippen LogP contribution >= 0.6 is 11.8 Å². The van der Waals surface area contributed by atoms with Gasteiger partial charge in [-0.25, -0.2) is 0 Å². The van der Waals surface area contributed by atoms with Crippen molar-refractivity contribution in [2.75, 3.05) is 12.3 Å². The molecule has 1 aromatic carbocycles. The Morgan fingerprint density at radius 1 is 1.21 bits per heavy atom. The smallest absolute Gasteiger partial charge is 0.309 e. The van der Waals surface area contributed by atoms with Gasteiger partial charge >= 0.3 is 5.51 Å². The van der Waals surface area contributed by atoms with Crippen LogP contribution in [0, 0.1) is 0 Å². The number of fused-ring (bicyclic) bond motifs is 1. The molecule has 0 heterocycles. The number of benzene rings is 1. The molecule has 1 aliphatic carbocycles. The van der Waals surface area contributed by atoms with Crippen molar-refractivity contribution >= 4 is 11.8 Å². The molecule has 0 aliphatic heterocycles. The summed E-state index contributed by atoms with van der Waals surface area (Å²) in [7, 11) is 0. The van der Waals surface area contributed by atoms with Gasteiger partial charge < -0.3 is 5.32 Å². The van der Waals surface area contributed by atoms with Crippen molar-refractivity contribution in [1.29, 1.82) is 0 Å². The molecule has 1 N–H and O–H groups in total. The monoisotopic (exact) mass is 289 g/mol. The zero-order valence-electron chi connectivity index (χ0n) is 10.8. The number of thioether (sulfide) groups is 1. The van der Waals surface area contributed by atoms with Crippen LogP contribution in [0.15, 0.2) is 24.3 Å². The second-order valence-corrected chi connectivity index (χ2v) is 6.07. The lowest BCUT2D eigenvalue weighted by Gasteiger charge is -2.30. The molecule has 0 saturated heterocycles. The van der Waals surface area contributed by atoms with Gasteiger partial charge in [0, 0.05) is 18.3 Å². The zero-order chi connectivity index (χ0) is 13.9. The summed E-state index contributed by atoms with van der Waals surface area (Å²) in [6.45, 7) is 2.59. The van der Waals surface area contributed by atoms with Gasteiger partial charge in [0.1, 0.15) is 0 Å². The lowest BCUT2D eigenvalue weighted by Crippen LogP contribution is -2.28. The SMILES string of the molecule is CC1CCC(NCCSC(F)(F)F)c2ccccc21. The summed E-state index contributed by atoms with van der Waals surface area (Å²) < 4.78 is 36.1. The third-order valence-electron chi connectivity index (χ3n) is 3.55. The number of nitrogens with one attached hydrogen (secondary N) is 1. The fourth-order valence-electron chi connectivity index (χ4n) is 2.62. The van der Waals surface area contributed by atoms with E-state index in [1.807, 2.05) is 12.1 Å². The molecule has 5 heteroatoms. The van der Waals surface area contributed by atoms with Crippen LogP contribution in [0.3, 0.4) is 0 Å². The molecule has 19 heavy (non-hydrogen) atoms. The second kappa shape index (κ2) is 6.18. The molecule has 1 nitrogen and oxygen atoms in total. The Morgan fingerprint density at radius 3 is 2.58 bits per heavy atom. The predicted octanol–water partition coefficient (Wildman–Crippen LogP) is 4.47. The molecule has 1 aliphatic rings. The van der Waals surface area contributed by atoms with Gasteiger partial charge in [0.05, 0.1) is 0 Å². The van der Waals surface area contributed by atoms with E-state index in [-0.39, 0.29) is 23.6 Å². The molecule has 1 aromatic rings. The summed E-state index contributed by atoms with van der Waals surface area (Å²) in [4.78, 5) is 0. The van der Waals surface area contributed by atoms with Crippen LogP contribution in [0.2, 0.25) is 0 Å². The zero-order valence-corrected chi connectivity index (χ0v) is 11.7. The predicted molar refractivity (Wildman–Crippen MR) is 73.3 cm³/mol. The lowest BCUT2D eigenvalue weighted by molar-refractivity contribution is -0.0327. The molecule has 0 bridgehead atoms. The Labute approximate surface area is 116 Å². The number of hydrogen-bond acceptors (Lipinski definition) is 2. The van der Waals surface area contributed by atoms with Crippen molar-refractivity contribution in [3.05, 3.63) is 35.4 Å². The normalized spacial score (nSPS) is 23.2. The van der Waals surface area contributed by atoms with Gasteiger partial charge in [0.15, 0.2) is 0 Å². The standard InChI is InChI=1S/C14H18F3NS/c1-10-6-7-13(12-5-3-2-4-11(10)12)18-8-9-19-14(15,16)17/h2-5,10,13,18H,6-9H2,1H3. The topological polar surface area (TPSA) is 12.0 Å². The average molecular weight is 289 g/mol. The van der Waals surface area contributed by atoms with Crippen molar-refractivity contribution in [1.82, 2.24) is 5.32 Å². The number of rotatable bonds is 4. The maximum Gasteiger partial charge on any atom is 0.441 e.